The van der Waals surface area contributed by atoms with Crippen LogP contribution in [-0.4, -0.2) is 35.2 Å². The molecular weight excluding hydrogens is 450 g/mol. The van der Waals surface area contributed by atoms with Crippen LogP contribution in [0.1, 0.15) is 13.0 Å². The molecule has 31 heavy (non-hydrogen) atoms. The Kier molecular flexibility index (Phi) is 5.34. The third kappa shape index (κ3) is 3.94. The van der Waals surface area contributed by atoms with Crippen LogP contribution in [0.2, 0.25) is 10.0 Å². The van der Waals surface area contributed by atoms with Crippen LogP contribution < -0.4 is 10.9 Å². The number of fused-ring (bicyclic) bond motifs is 1. The molecule has 0 aliphatic rings. The first-order valence-electron chi connectivity index (χ1n) is 8.82. The minimum atomic E-state index is -1.16. The normalized spacial score (nSPS) is 12.1. The van der Waals surface area contributed by atoms with E-state index in [0.29, 0.717) is 16.9 Å². The summed E-state index contributed by atoms with van der Waals surface area (Å²) in [6.45, 7) is 1.38. The second-order valence-electron chi connectivity index (χ2n) is 6.56. The molecule has 3 aromatic heterocycles. The lowest BCUT2D eigenvalue weighted by Gasteiger charge is -2.09. The number of nitrogens with zero attached hydrogens (tertiary/aromatic N) is 5. The summed E-state index contributed by atoms with van der Waals surface area (Å²) in [7, 11) is 0. The molecule has 0 fully saturated rings. The minimum absolute atomic E-state index is 0.145. The highest BCUT2D eigenvalue weighted by Crippen LogP contribution is 2.30. The van der Waals surface area contributed by atoms with E-state index < -0.39 is 23.4 Å². The van der Waals surface area contributed by atoms with Crippen molar-refractivity contribution in [2.75, 3.05) is 5.32 Å². The molecule has 0 saturated carbocycles. The van der Waals surface area contributed by atoms with Crippen molar-refractivity contribution in [2.45, 2.75) is 13.0 Å². The topological polar surface area (TPSA) is 114 Å². The zero-order valence-corrected chi connectivity index (χ0v) is 17.3. The third-order valence-corrected chi connectivity index (χ3v) is 5.11. The van der Waals surface area contributed by atoms with E-state index in [4.69, 9.17) is 23.2 Å². The summed E-state index contributed by atoms with van der Waals surface area (Å²) in [6, 6.07) is 4.25. The number of benzene rings is 1. The van der Waals surface area contributed by atoms with Crippen molar-refractivity contribution in [1.82, 2.24) is 24.1 Å². The van der Waals surface area contributed by atoms with E-state index in [2.05, 4.69) is 20.4 Å². The van der Waals surface area contributed by atoms with Gasteiger partial charge in [0.2, 0.25) is 5.95 Å². The Balaban J connectivity index is 1.75. The van der Waals surface area contributed by atoms with Crippen molar-refractivity contribution in [1.29, 1.82) is 0 Å². The van der Waals surface area contributed by atoms with Crippen molar-refractivity contribution in [3.8, 4) is 11.3 Å². The Bertz CT molecular complexity index is 1390. The van der Waals surface area contributed by atoms with Crippen LogP contribution in [0.25, 0.3) is 16.8 Å². The summed E-state index contributed by atoms with van der Waals surface area (Å²) < 4.78 is 15.6. The van der Waals surface area contributed by atoms with Gasteiger partial charge in [-0.3, -0.25) is 9.36 Å². The van der Waals surface area contributed by atoms with Gasteiger partial charge in [0.05, 0.1) is 27.6 Å². The zero-order valence-electron chi connectivity index (χ0n) is 15.8. The van der Waals surface area contributed by atoms with E-state index in [9.17, 15) is 19.1 Å². The molecule has 158 valence electrons. The number of halogens is 3. The van der Waals surface area contributed by atoms with Crippen LogP contribution in [0.5, 0.6) is 0 Å². The number of nitrogens with one attached hydrogen (secondary N) is 1. The molecule has 12 heteroatoms. The fourth-order valence-electron chi connectivity index (χ4n) is 2.87. The molecule has 0 spiro atoms. The molecule has 3 heterocycles. The number of aliphatic carboxylic acids is 1. The van der Waals surface area contributed by atoms with E-state index >= 15 is 0 Å². The number of aromatic nitrogens is 5. The predicted molar refractivity (Wildman–Crippen MR) is 113 cm³/mol. The summed E-state index contributed by atoms with van der Waals surface area (Å²) in [6.07, 6.45) is 4.06. The van der Waals surface area contributed by atoms with Crippen LogP contribution in [0.3, 0.4) is 0 Å². The Morgan fingerprint density at radius 3 is 2.74 bits per heavy atom. The molecule has 0 radical (unpaired) electrons. The second-order valence-corrected chi connectivity index (χ2v) is 7.37. The van der Waals surface area contributed by atoms with E-state index in [-0.39, 0.29) is 21.5 Å². The molecule has 0 amide bonds. The smallest absolute Gasteiger partial charge is 0.326 e. The quantitative estimate of drug-likeness (QED) is 0.463. The molecule has 1 unspecified atom stereocenters. The lowest BCUT2D eigenvalue weighted by molar-refractivity contribution is -0.140. The van der Waals surface area contributed by atoms with E-state index in [1.165, 1.54) is 42.0 Å². The zero-order chi connectivity index (χ0) is 22.3. The summed E-state index contributed by atoms with van der Waals surface area (Å²) >= 11 is 12.3. The number of anilines is 2. The summed E-state index contributed by atoms with van der Waals surface area (Å²) in [4.78, 5) is 32.4. The first-order chi connectivity index (χ1) is 14.7. The van der Waals surface area contributed by atoms with Crippen molar-refractivity contribution in [2.24, 2.45) is 0 Å². The number of hydrogen-bond donors (Lipinski definition) is 2. The maximum absolute atomic E-state index is 13.3. The van der Waals surface area contributed by atoms with Gasteiger partial charge in [-0.2, -0.15) is 5.10 Å². The van der Waals surface area contributed by atoms with Crippen LogP contribution in [0.4, 0.5) is 16.0 Å². The van der Waals surface area contributed by atoms with Gasteiger partial charge in [0.25, 0.3) is 5.56 Å². The highest BCUT2D eigenvalue weighted by atomic mass is 35.5. The average Bonchev–Trinajstić information content (AvgIpc) is 3.16. The maximum atomic E-state index is 13.3. The SMILES string of the molecule is CC(C(=O)O)n1cnn2cc(-c3nc(Nc4ccc(F)cc4Cl)ncc3Cl)cc2c1=O. The highest BCUT2D eigenvalue weighted by Gasteiger charge is 2.18. The van der Waals surface area contributed by atoms with Gasteiger partial charge in [-0.1, -0.05) is 23.2 Å². The highest BCUT2D eigenvalue weighted by molar-refractivity contribution is 6.33. The Morgan fingerprint density at radius 1 is 1.26 bits per heavy atom. The molecule has 9 nitrogen and oxygen atoms in total. The molecule has 0 bridgehead atoms. The van der Waals surface area contributed by atoms with Gasteiger partial charge in [0.15, 0.2) is 0 Å². The van der Waals surface area contributed by atoms with Gasteiger partial charge in [-0.15, -0.1) is 0 Å². The van der Waals surface area contributed by atoms with Gasteiger partial charge in [-0.25, -0.2) is 23.7 Å². The second kappa shape index (κ2) is 7.97. The molecule has 1 aromatic carbocycles. The number of carbonyl (C=O) groups is 1. The average molecular weight is 463 g/mol. The van der Waals surface area contributed by atoms with E-state index in [1.54, 1.807) is 0 Å². The summed E-state index contributed by atoms with van der Waals surface area (Å²) in [5, 5.41) is 16.5. The molecule has 4 aromatic rings. The van der Waals surface area contributed by atoms with E-state index in [0.717, 1.165) is 17.0 Å². The lowest BCUT2D eigenvalue weighted by Crippen LogP contribution is -2.29. The Labute approximate surface area is 183 Å². The lowest BCUT2D eigenvalue weighted by atomic mass is 10.2. The standard InChI is InChI=1S/C19H13Cl2FN6O3/c1-9(18(30)31)27-8-24-28-7-10(4-15(28)17(27)29)16-13(21)6-23-19(26-16)25-14-3-2-11(22)5-12(14)20/h2-9H,1H3,(H,30,31)(H,23,25,26). The first kappa shape index (κ1) is 20.8. The number of hydrogen-bond acceptors (Lipinski definition) is 6. The van der Waals surface area contributed by atoms with Gasteiger partial charge in [-0.05, 0) is 31.2 Å². The molecule has 0 aliphatic heterocycles. The fraction of sp³-hybridized carbons (Fsp3) is 0.105. The minimum Gasteiger partial charge on any atom is -0.480 e. The van der Waals surface area contributed by atoms with Gasteiger partial charge in [0.1, 0.15) is 23.7 Å². The summed E-state index contributed by atoms with van der Waals surface area (Å²) in [5.74, 6) is -1.49. The van der Waals surface area contributed by atoms with Gasteiger partial charge >= 0.3 is 5.97 Å². The van der Waals surface area contributed by atoms with Crippen molar-refractivity contribution < 1.29 is 14.3 Å². The van der Waals surface area contributed by atoms with Crippen LogP contribution in [0, 0.1) is 5.82 Å². The molecule has 1 atom stereocenters. The maximum Gasteiger partial charge on any atom is 0.326 e. The number of carboxylic acid groups (broad SMARTS) is 1. The molecular formula is C19H13Cl2FN6O3. The Morgan fingerprint density at radius 2 is 2.03 bits per heavy atom. The number of carboxylic acids is 1. The van der Waals surface area contributed by atoms with Crippen LogP contribution in [0.15, 0.2) is 47.8 Å². The largest absolute Gasteiger partial charge is 0.480 e. The van der Waals surface area contributed by atoms with Crippen molar-refractivity contribution in [3.63, 3.8) is 0 Å². The van der Waals surface area contributed by atoms with Crippen molar-refractivity contribution in [3.05, 3.63) is 69.2 Å². The van der Waals surface area contributed by atoms with Gasteiger partial charge in [0, 0.05) is 11.8 Å². The monoisotopic (exact) mass is 462 g/mol. The third-order valence-electron chi connectivity index (χ3n) is 4.52. The van der Waals surface area contributed by atoms with Crippen LogP contribution >= 0.6 is 23.2 Å². The first-order valence-corrected chi connectivity index (χ1v) is 9.57. The van der Waals surface area contributed by atoms with Gasteiger partial charge < -0.3 is 10.4 Å². The molecule has 0 aliphatic carbocycles. The van der Waals surface area contributed by atoms with E-state index in [1.807, 2.05) is 0 Å². The van der Waals surface area contributed by atoms with Crippen molar-refractivity contribution >= 4 is 46.3 Å². The van der Waals surface area contributed by atoms with Crippen LogP contribution in [-0.2, 0) is 4.79 Å². The molecule has 4 rings (SSSR count). The molecule has 0 saturated heterocycles. The predicted octanol–water partition coefficient (Wildman–Crippen LogP) is 3.79. The fourth-order valence-corrected chi connectivity index (χ4v) is 3.28. The Hall–Kier alpha value is -3.50. The molecule has 2 N–H and O–H groups in total. The number of rotatable bonds is 5. The summed E-state index contributed by atoms with van der Waals surface area (Å²) in [5.41, 5.74) is 0.783.